The number of alkyl halides is 2. The zero-order valence-electron chi connectivity index (χ0n) is 18.1. The zero-order valence-corrected chi connectivity index (χ0v) is 18.1. The van der Waals surface area contributed by atoms with Gasteiger partial charge in [-0.3, -0.25) is 19.4 Å². The number of carbonyl (C=O) groups excluding carboxylic acids is 3. The van der Waals surface area contributed by atoms with Crippen molar-refractivity contribution in [3.05, 3.63) is 64.5 Å². The van der Waals surface area contributed by atoms with E-state index in [-0.39, 0.29) is 11.5 Å². The fourth-order valence-corrected chi connectivity index (χ4v) is 4.03. The van der Waals surface area contributed by atoms with Crippen molar-refractivity contribution in [2.75, 3.05) is 19.6 Å². The summed E-state index contributed by atoms with van der Waals surface area (Å²) in [5.74, 6) is -4.54. The van der Waals surface area contributed by atoms with E-state index >= 15 is 0 Å². The number of pyridine rings is 1. The standard InChI is InChI=1S/C24H21F2N5O3/c25-24(26)10-18(11-27)31(14-24)21(32)13-30-23(34)20-6-7-28-12-17(20)3-1-15-2-4-19-16(9-15)5-8-29-22(19)33/h1-4,6-7,9,12,18H,5,8,10,13-14H2,(H,29,33)(H,30,34). The van der Waals surface area contributed by atoms with Crippen LogP contribution in [0.3, 0.4) is 0 Å². The second-order valence-corrected chi connectivity index (χ2v) is 8.13. The van der Waals surface area contributed by atoms with E-state index in [9.17, 15) is 23.2 Å². The van der Waals surface area contributed by atoms with E-state index in [0.717, 1.165) is 22.4 Å². The van der Waals surface area contributed by atoms with Gasteiger partial charge in [0.25, 0.3) is 17.7 Å². The van der Waals surface area contributed by atoms with Crippen LogP contribution < -0.4 is 10.6 Å². The molecule has 1 saturated heterocycles. The highest BCUT2D eigenvalue weighted by Crippen LogP contribution is 2.31. The molecule has 10 heteroatoms. The highest BCUT2D eigenvalue weighted by atomic mass is 19.3. The second-order valence-electron chi connectivity index (χ2n) is 8.13. The summed E-state index contributed by atoms with van der Waals surface area (Å²) in [6.07, 6.45) is 6.42. The monoisotopic (exact) mass is 465 g/mol. The summed E-state index contributed by atoms with van der Waals surface area (Å²) in [5.41, 5.74) is 3.17. The van der Waals surface area contributed by atoms with Crippen molar-refractivity contribution in [1.29, 1.82) is 5.26 Å². The Hall–Kier alpha value is -4.13. The average molecular weight is 465 g/mol. The highest BCUT2D eigenvalue weighted by Gasteiger charge is 2.47. The molecule has 1 unspecified atom stereocenters. The Morgan fingerprint density at radius 3 is 2.94 bits per heavy atom. The second kappa shape index (κ2) is 9.39. The molecule has 1 aromatic carbocycles. The normalized spacial score (nSPS) is 18.8. The van der Waals surface area contributed by atoms with Gasteiger partial charge < -0.3 is 15.5 Å². The Kier molecular flexibility index (Phi) is 6.36. The molecule has 2 N–H and O–H groups in total. The molecule has 0 radical (unpaired) electrons. The fraction of sp³-hybridized carbons (Fsp3) is 0.292. The molecule has 3 amide bonds. The molecule has 0 spiro atoms. The van der Waals surface area contributed by atoms with Crippen molar-refractivity contribution in [2.24, 2.45) is 0 Å². The Morgan fingerprint density at radius 1 is 1.32 bits per heavy atom. The number of aromatic nitrogens is 1. The average Bonchev–Trinajstić information content (AvgIpc) is 3.16. The summed E-state index contributed by atoms with van der Waals surface area (Å²) in [6, 6.07) is 7.43. The third-order valence-corrected chi connectivity index (χ3v) is 5.75. The number of hydrogen-bond acceptors (Lipinski definition) is 5. The van der Waals surface area contributed by atoms with Gasteiger partial charge in [-0.2, -0.15) is 5.26 Å². The van der Waals surface area contributed by atoms with Gasteiger partial charge in [0.2, 0.25) is 5.91 Å². The minimum absolute atomic E-state index is 0.101. The largest absolute Gasteiger partial charge is 0.352 e. The first kappa shape index (κ1) is 23.0. The van der Waals surface area contributed by atoms with Crippen molar-refractivity contribution < 1.29 is 23.2 Å². The lowest BCUT2D eigenvalue weighted by molar-refractivity contribution is -0.131. The van der Waals surface area contributed by atoms with Gasteiger partial charge in [0.05, 0.1) is 19.2 Å². The number of hydrogen-bond donors (Lipinski definition) is 2. The van der Waals surface area contributed by atoms with Crippen molar-refractivity contribution in [2.45, 2.75) is 24.8 Å². The van der Waals surface area contributed by atoms with E-state index in [1.165, 1.54) is 18.5 Å². The lowest BCUT2D eigenvalue weighted by Gasteiger charge is -2.19. The fourth-order valence-electron chi connectivity index (χ4n) is 4.03. The van der Waals surface area contributed by atoms with Crippen LogP contribution in [-0.2, 0) is 11.2 Å². The van der Waals surface area contributed by atoms with E-state index < -0.39 is 43.3 Å². The van der Waals surface area contributed by atoms with Gasteiger partial charge >= 0.3 is 0 Å². The number of carbonyl (C=O) groups is 3. The van der Waals surface area contributed by atoms with Crippen LogP contribution in [0.25, 0.3) is 12.2 Å². The van der Waals surface area contributed by atoms with Crippen molar-refractivity contribution in [1.82, 2.24) is 20.5 Å². The Labute approximate surface area is 194 Å². The van der Waals surface area contributed by atoms with Crippen LogP contribution in [0.5, 0.6) is 0 Å². The van der Waals surface area contributed by atoms with Crippen LogP contribution >= 0.6 is 0 Å². The molecule has 1 atom stereocenters. The summed E-state index contributed by atoms with van der Waals surface area (Å²) < 4.78 is 27.2. The van der Waals surface area contributed by atoms with Crippen molar-refractivity contribution >= 4 is 29.9 Å². The predicted octanol–water partition coefficient (Wildman–Crippen LogP) is 2.03. The molecule has 0 bridgehead atoms. The first-order valence-electron chi connectivity index (χ1n) is 10.7. The Balaban J connectivity index is 1.44. The summed E-state index contributed by atoms with van der Waals surface area (Å²) >= 11 is 0. The summed E-state index contributed by atoms with van der Waals surface area (Å²) in [7, 11) is 0. The molecular formula is C24H21F2N5O3. The van der Waals surface area contributed by atoms with Gasteiger partial charge in [-0.05, 0) is 29.7 Å². The Morgan fingerprint density at radius 2 is 2.15 bits per heavy atom. The van der Waals surface area contributed by atoms with Gasteiger partial charge in [0.1, 0.15) is 6.04 Å². The van der Waals surface area contributed by atoms with Crippen LogP contribution in [0.15, 0.2) is 36.7 Å². The minimum Gasteiger partial charge on any atom is -0.352 e. The molecule has 1 fully saturated rings. The zero-order chi connectivity index (χ0) is 24.3. The highest BCUT2D eigenvalue weighted by molar-refractivity contribution is 6.00. The summed E-state index contributed by atoms with van der Waals surface area (Å²) in [5, 5.41) is 14.3. The number of benzene rings is 1. The van der Waals surface area contributed by atoms with Crippen molar-refractivity contribution in [3.8, 4) is 6.07 Å². The predicted molar refractivity (Wildman–Crippen MR) is 119 cm³/mol. The maximum absolute atomic E-state index is 13.6. The third kappa shape index (κ3) is 4.93. The number of halogens is 2. The van der Waals surface area contributed by atoms with E-state index in [0.29, 0.717) is 17.7 Å². The minimum atomic E-state index is -3.12. The molecular weight excluding hydrogens is 444 g/mol. The smallest absolute Gasteiger partial charge is 0.268 e. The summed E-state index contributed by atoms with van der Waals surface area (Å²) in [4.78, 5) is 41.8. The molecule has 8 nitrogen and oxygen atoms in total. The van der Waals surface area contributed by atoms with E-state index in [1.54, 1.807) is 30.4 Å². The molecule has 174 valence electrons. The Bertz CT molecular complexity index is 1220. The first-order valence-corrected chi connectivity index (χ1v) is 10.7. The lowest BCUT2D eigenvalue weighted by Crippen LogP contribution is -2.43. The molecule has 34 heavy (non-hydrogen) atoms. The summed E-state index contributed by atoms with van der Waals surface area (Å²) in [6.45, 7) is -0.772. The number of amides is 3. The topological polar surface area (TPSA) is 115 Å². The van der Waals surface area contributed by atoms with Crippen LogP contribution in [-0.4, -0.2) is 59.2 Å². The van der Waals surface area contributed by atoms with E-state index in [4.69, 9.17) is 5.26 Å². The molecule has 2 aliphatic rings. The molecule has 1 aromatic heterocycles. The molecule has 4 rings (SSSR count). The van der Waals surface area contributed by atoms with E-state index in [2.05, 4.69) is 15.6 Å². The van der Waals surface area contributed by atoms with Crippen LogP contribution in [0.2, 0.25) is 0 Å². The van der Waals surface area contributed by atoms with Gasteiger partial charge in [-0.25, -0.2) is 8.78 Å². The van der Waals surface area contributed by atoms with Gasteiger partial charge in [-0.15, -0.1) is 0 Å². The van der Waals surface area contributed by atoms with Crippen LogP contribution in [0.4, 0.5) is 8.78 Å². The molecule has 2 aliphatic heterocycles. The number of likely N-dealkylation sites (tertiary alicyclic amines) is 1. The van der Waals surface area contributed by atoms with Crippen LogP contribution in [0, 0.1) is 11.3 Å². The number of nitrogens with one attached hydrogen (secondary N) is 2. The molecule has 0 aliphatic carbocycles. The van der Waals surface area contributed by atoms with Gasteiger partial charge in [0.15, 0.2) is 0 Å². The quantitative estimate of drug-likeness (QED) is 0.701. The van der Waals surface area contributed by atoms with Crippen molar-refractivity contribution in [3.63, 3.8) is 0 Å². The number of nitriles is 1. The van der Waals surface area contributed by atoms with Gasteiger partial charge in [-0.1, -0.05) is 24.3 Å². The van der Waals surface area contributed by atoms with Gasteiger partial charge in [0, 0.05) is 42.0 Å². The first-order chi connectivity index (χ1) is 16.3. The lowest BCUT2D eigenvalue weighted by atomic mass is 9.97. The molecule has 3 heterocycles. The van der Waals surface area contributed by atoms with Crippen LogP contribution in [0.1, 0.15) is 43.8 Å². The third-order valence-electron chi connectivity index (χ3n) is 5.75. The molecule has 2 aromatic rings. The number of rotatable bonds is 5. The maximum atomic E-state index is 13.6. The SMILES string of the molecule is N#CC1CC(F)(F)CN1C(=O)CNC(=O)c1ccncc1C=Cc1ccc2c(c1)CCNC2=O. The molecule has 0 saturated carbocycles. The van der Waals surface area contributed by atoms with E-state index in [1.807, 2.05) is 6.07 Å². The maximum Gasteiger partial charge on any atom is 0.268 e. The number of fused-ring (bicyclic) bond motifs is 1. The number of nitrogens with zero attached hydrogens (tertiary/aromatic N) is 3.